The van der Waals surface area contributed by atoms with Gasteiger partial charge in [-0.25, -0.2) is 0 Å². The maximum absolute atomic E-state index is 10.7. The highest BCUT2D eigenvalue weighted by atomic mass is 127. The van der Waals surface area contributed by atoms with Crippen LogP contribution in [-0.4, -0.2) is 5.78 Å². The largest absolute Gasteiger partial charge is 0.295 e. The molecule has 70 valence electrons. The number of unbranched alkanes of at least 4 members (excludes halogenated alkanes) is 3. The van der Waals surface area contributed by atoms with Crippen LogP contribution in [0, 0.1) is 0 Å². The lowest BCUT2D eigenvalue weighted by Crippen LogP contribution is -1.84. The third kappa shape index (κ3) is 8.24. The van der Waals surface area contributed by atoms with Crippen LogP contribution in [0.5, 0.6) is 0 Å². The summed E-state index contributed by atoms with van der Waals surface area (Å²) in [6.45, 7) is 3.81. The minimum atomic E-state index is 0.162. The van der Waals surface area contributed by atoms with E-state index in [4.69, 9.17) is 0 Å². The first-order chi connectivity index (χ1) is 5.66. The predicted octanol–water partition coefficient (Wildman–Crippen LogP) is 3.86. The fourth-order valence-electron chi connectivity index (χ4n) is 1.01. The Hall–Kier alpha value is 0.140. The predicted molar refractivity (Wildman–Crippen MR) is 61.5 cm³/mol. The number of ketones is 1. The summed E-state index contributed by atoms with van der Waals surface area (Å²) >= 11 is 2.25. The number of carbonyl (C=O) groups excluding carboxylic acids is 1. The topological polar surface area (TPSA) is 17.1 Å². The monoisotopic (exact) mass is 280 g/mol. The Bertz CT molecular complexity index is 161. The molecule has 0 fully saturated rings. The van der Waals surface area contributed by atoms with Crippen molar-refractivity contribution in [1.29, 1.82) is 0 Å². The maximum atomic E-state index is 10.7. The van der Waals surface area contributed by atoms with E-state index >= 15 is 0 Å². The molecule has 0 amide bonds. The minimum Gasteiger partial charge on any atom is -0.295 e. The highest BCUT2D eigenvalue weighted by Crippen LogP contribution is 2.15. The van der Waals surface area contributed by atoms with E-state index < -0.39 is 0 Å². The molecule has 0 unspecified atom stereocenters. The van der Waals surface area contributed by atoms with Gasteiger partial charge in [-0.15, -0.1) is 0 Å². The van der Waals surface area contributed by atoms with Crippen molar-refractivity contribution < 1.29 is 4.79 Å². The fraction of sp³-hybridized carbons (Fsp3) is 0.700. The van der Waals surface area contributed by atoms with Gasteiger partial charge in [0.05, 0.1) is 0 Å². The van der Waals surface area contributed by atoms with Crippen molar-refractivity contribution in [3.05, 3.63) is 9.66 Å². The Labute approximate surface area is 88.8 Å². The van der Waals surface area contributed by atoms with Crippen molar-refractivity contribution in [1.82, 2.24) is 0 Å². The van der Waals surface area contributed by atoms with Crippen LogP contribution in [-0.2, 0) is 4.79 Å². The van der Waals surface area contributed by atoms with E-state index in [1.54, 1.807) is 13.0 Å². The van der Waals surface area contributed by atoms with Crippen molar-refractivity contribution in [2.24, 2.45) is 0 Å². The third-order valence-electron chi connectivity index (χ3n) is 1.63. The van der Waals surface area contributed by atoms with Gasteiger partial charge < -0.3 is 0 Å². The number of hydrogen-bond acceptors (Lipinski definition) is 1. The maximum Gasteiger partial charge on any atom is 0.153 e. The highest BCUT2D eigenvalue weighted by Gasteiger charge is 1.94. The van der Waals surface area contributed by atoms with Crippen molar-refractivity contribution in [2.45, 2.75) is 46.0 Å². The number of allylic oxidation sites excluding steroid dienone is 2. The van der Waals surface area contributed by atoms with Gasteiger partial charge in [0.25, 0.3) is 0 Å². The smallest absolute Gasteiger partial charge is 0.153 e. The molecule has 0 atom stereocenters. The lowest BCUT2D eigenvalue weighted by Gasteiger charge is -1.97. The molecule has 2 heteroatoms. The first-order valence-corrected chi connectivity index (χ1v) is 5.61. The summed E-state index contributed by atoms with van der Waals surface area (Å²) in [5.41, 5.74) is 0. The van der Waals surface area contributed by atoms with Gasteiger partial charge in [0.15, 0.2) is 5.78 Å². The van der Waals surface area contributed by atoms with Crippen LogP contribution in [0.25, 0.3) is 0 Å². The minimum absolute atomic E-state index is 0.162. The molecule has 0 rings (SSSR count). The first kappa shape index (κ1) is 12.1. The standard InChI is InChI=1S/C10H17IO/c1-3-4-5-6-7-10(11)8-9(2)12/h8H,3-7H2,1-2H3/b10-8-. The zero-order valence-corrected chi connectivity index (χ0v) is 10.1. The van der Waals surface area contributed by atoms with Crippen LogP contribution in [0.15, 0.2) is 9.66 Å². The van der Waals surface area contributed by atoms with Crippen molar-refractivity contribution >= 4 is 28.4 Å². The second-order valence-corrected chi connectivity index (χ2v) is 4.40. The summed E-state index contributed by atoms with van der Waals surface area (Å²) in [6, 6.07) is 0. The molecule has 1 nitrogen and oxygen atoms in total. The Kier molecular flexibility index (Phi) is 7.86. The first-order valence-electron chi connectivity index (χ1n) is 4.53. The molecule has 0 aliphatic heterocycles. The zero-order chi connectivity index (χ0) is 9.40. The highest BCUT2D eigenvalue weighted by molar-refractivity contribution is 14.1. The van der Waals surface area contributed by atoms with E-state index in [2.05, 4.69) is 29.5 Å². The van der Waals surface area contributed by atoms with Crippen molar-refractivity contribution in [3.63, 3.8) is 0 Å². The molecular formula is C10H17IO. The van der Waals surface area contributed by atoms with Gasteiger partial charge in [-0.1, -0.05) is 26.2 Å². The number of halogens is 1. The van der Waals surface area contributed by atoms with Gasteiger partial charge in [0, 0.05) is 0 Å². The summed E-state index contributed by atoms with van der Waals surface area (Å²) in [5, 5.41) is 0. The Morgan fingerprint density at radius 2 is 2.00 bits per heavy atom. The van der Waals surface area contributed by atoms with Gasteiger partial charge in [-0.05, 0) is 52.0 Å². The molecule has 12 heavy (non-hydrogen) atoms. The molecule has 0 N–H and O–H groups in total. The zero-order valence-electron chi connectivity index (χ0n) is 7.90. The summed E-state index contributed by atoms with van der Waals surface area (Å²) < 4.78 is 1.19. The molecule has 0 radical (unpaired) electrons. The second-order valence-electron chi connectivity index (χ2n) is 3.01. The van der Waals surface area contributed by atoms with Crippen LogP contribution >= 0.6 is 22.6 Å². The van der Waals surface area contributed by atoms with E-state index in [1.165, 1.54) is 29.3 Å². The third-order valence-corrected chi connectivity index (χ3v) is 2.48. The molecule has 0 aromatic carbocycles. The van der Waals surface area contributed by atoms with Crippen molar-refractivity contribution in [3.8, 4) is 0 Å². The summed E-state index contributed by atoms with van der Waals surface area (Å²) in [4.78, 5) is 10.7. The van der Waals surface area contributed by atoms with Gasteiger partial charge in [-0.3, -0.25) is 4.79 Å². The molecular weight excluding hydrogens is 263 g/mol. The Morgan fingerprint density at radius 1 is 1.33 bits per heavy atom. The van der Waals surface area contributed by atoms with Gasteiger partial charge in [0.2, 0.25) is 0 Å². The molecule has 0 heterocycles. The quantitative estimate of drug-likeness (QED) is 0.410. The number of hydrogen-bond donors (Lipinski definition) is 0. The molecule has 0 saturated heterocycles. The van der Waals surface area contributed by atoms with E-state index in [-0.39, 0.29) is 5.78 Å². The van der Waals surface area contributed by atoms with Crippen LogP contribution in [0.1, 0.15) is 46.0 Å². The average Bonchev–Trinajstić information content (AvgIpc) is 1.97. The number of rotatable bonds is 6. The summed E-state index contributed by atoms with van der Waals surface area (Å²) in [5.74, 6) is 0.162. The van der Waals surface area contributed by atoms with Gasteiger partial charge >= 0.3 is 0 Å². The van der Waals surface area contributed by atoms with Crippen molar-refractivity contribution in [2.75, 3.05) is 0 Å². The normalized spacial score (nSPS) is 11.8. The van der Waals surface area contributed by atoms with E-state index in [1.807, 2.05) is 0 Å². The molecule has 0 spiro atoms. The Morgan fingerprint density at radius 3 is 2.50 bits per heavy atom. The van der Waals surface area contributed by atoms with Crippen LogP contribution < -0.4 is 0 Å². The molecule has 0 aliphatic carbocycles. The van der Waals surface area contributed by atoms with Crippen LogP contribution in [0.2, 0.25) is 0 Å². The van der Waals surface area contributed by atoms with Crippen LogP contribution in [0.3, 0.4) is 0 Å². The summed E-state index contributed by atoms with van der Waals surface area (Å²) in [7, 11) is 0. The van der Waals surface area contributed by atoms with Gasteiger partial charge in [-0.2, -0.15) is 0 Å². The molecule has 0 aliphatic rings. The lowest BCUT2D eigenvalue weighted by molar-refractivity contribution is -0.112. The average molecular weight is 280 g/mol. The van der Waals surface area contributed by atoms with E-state index in [0.29, 0.717) is 0 Å². The van der Waals surface area contributed by atoms with E-state index in [9.17, 15) is 4.79 Å². The van der Waals surface area contributed by atoms with Crippen LogP contribution in [0.4, 0.5) is 0 Å². The molecule has 0 aromatic heterocycles. The summed E-state index contributed by atoms with van der Waals surface area (Å²) in [6.07, 6.45) is 7.88. The SMILES string of the molecule is CCCCCC/C(I)=C/C(C)=O. The van der Waals surface area contributed by atoms with E-state index in [0.717, 1.165) is 6.42 Å². The van der Waals surface area contributed by atoms with Gasteiger partial charge in [0.1, 0.15) is 0 Å². The lowest BCUT2D eigenvalue weighted by atomic mass is 10.1. The second kappa shape index (κ2) is 7.77. The molecule has 0 saturated carbocycles. The number of carbonyl (C=O) groups is 1. The molecule has 0 aromatic rings. The molecule has 0 bridgehead atoms. The Balaban J connectivity index is 3.43. The fourth-order valence-corrected chi connectivity index (χ4v) is 1.83.